The lowest BCUT2D eigenvalue weighted by atomic mass is 10.0. The van der Waals surface area contributed by atoms with Crippen molar-refractivity contribution in [3.8, 4) is 5.75 Å². The van der Waals surface area contributed by atoms with Crippen molar-refractivity contribution in [2.45, 2.75) is 25.8 Å². The summed E-state index contributed by atoms with van der Waals surface area (Å²) in [7, 11) is 3.71. The number of aromatic nitrogens is 1. The van der Waals surface area contributed by atoms with Crippen molar-refractivity contribution in [1.29, 1.82) is 0 Å². The van der Waals surface area contributed by atoms with E-state index in [9.17, 15) is 0 Å². The summed E-state index contributed by atoms with van der Waals surface area (Å²) >= 11 is 5.22. The van der Waals surface area contributed by atoms with E-state index in [-0.39, 0.29) is 0 Å². The lowest BCUT2D eigenvalue weighted by molar-refractivity contribution is 0.405. The van der Waals surface area contributed by atoms with Gasteiger partial charge in [-0.05, 0) is 44.2 Å². The Hall–Kier alpha value is -0.910. The van der Waals surface area contributed by atoms with Crippen LogP contribution in [0.15, 0.2) is 28.1 Å². The molecule has 5 heteroatoms. The zero-order chi connectivity index (χ0) is 14.5. The number of methoxy groups -OCH3 is 1. The minimum absolute atomic E-state index is 0.347. The molecule has 0 spiro atoms. The first-order valence-corrected chi connectivity index (χ1v) is 8.20. The minimum atomic E-state index is 0.347. The van der Waals surface area contributed by atoms with Gasteiger partial charge in [0.05, 0.1) is 17.8 Å². The first-order chi connectivity index (χ1) is 9.62. The topological polar surface area (TPSA) is 34.2 Å². The van der Waals surface area contributed by atoms with E-state index in [0.29, 0.717) is 6.04 Å². The predicted molar refractivity (Wildman–Crippen MR) is 87.8 cm³/mol. The van der Waals surface area contributed by atoms with E-state index in [1.165, 1.54) is 5.56 Å². The van der Waals surface area contributed by atoms with Crippen LogP contribution in [0.3, 0.4) is 0 Å². The molecule has 0 aliphatic rings. The number of ether oxygens (including phenoxy) is 1. The zero-order valence-electron chi connectivity index (χ0n) is 11.9. The summed E-state index contributed by atoms with van der Waals surface area (Å²) in [5, 5.41) is 6.63. The lowest BCUT2D eigenvalue weighted by Gasteiger charge is -2.17. The molecule has 1 unspecified atom stereocenters. The third-order valence-electron chi connectivity index (χ3n) is 3.24. The molecular formula is C15H19BrN2OS. The third kappa shape index (κ3) is 4.04. The van der Waals surface area contributed by atoms with Gasteiger partial charge < -0.3 is 10.1 Å². The number of nitrogens with one attached hydrogen (secondary N) is 1. The first-order valence-electron chi connectivity index (χ1n) is 6.53. The Morgan fingerprint density at radius 3 is 2.80 bits per heavy atom. The molecule has 1 aromatic carbocycles. The highest BCUT2D eigenvalue weighted by Gasteiger charge is 2.13. The van der Waals surface area contributed by atoms with Crippen LogP contribution in [-0.4, -0.2) is 25.2 Å². The molecule has 0 saturated heterocycles. The molecule has 2 aromatic rings. The predicted octanol–water partition coefficient (Wildman–Crippen LogP) is 3.60. The fourth-order valence-electron chi connectivity index (χ4n) is 2.20. The van der Waals surface area contributed by atoms with Gasteiger partial charge in [-0.15, -0.1) is 11.3 Å². The highest BCUT2D eigenvalue weighted by Crippen LogP contribution is 2.25. The number of likely N-dealkylation sites (N-methyl/N-ethyl adjacent to an activating group) is 1. The summed E-state index contributed by atoms with van der Waals surface area (Å²) in [5.41, 5.74) is 2.36. The van der Waals surface area contributed by atoms with E-state index in [4.69, 9.17) is 4.74 Å². The molecule has 1 atom stereocenters. The lowest BCUT2D eigenvalue weighted by Crippen LogP contribution is -2.30. The number of hydrogen-bond acceptors (Lipinski definition) is 4. The Balaban J connectivity index is 2.11. The van der Waals surface area contributed by atoms with E-state index < -0.39 is 0 Å². The molecule has 20 heavy (non-hydrogen) atoms. The Morgan fingerprint density at radius 1 is 1.40 bits per heavy atom. The third-order valence-corrected chi connectivity index (χ3v) is 4.55. The first kappa shape index (κ1) is 15.5. The van der Waals surface area contributed by atoms with Gasteiger partial charge in [-0.2, -0.15) is 0 Å². The summed E-state index contributed by atoms with van der Waals surface area (Å²) in [6.45, 7) is 2.04. The van der Waals surface area contributed by atoms with Crippen LogP contribution in [0.5, 0.6) is 5.75 Å². The summed E-state index contributed by atoms with van der Waals surface area (Å²) in [5.74, 6) is 0.933. The second-order valence-electron chi connectivity index (χ2n) is 4.71. The maximum absolute atomic E-state index is 5.44. The van der Waals surface area contributed by atoms with Gasteiger partial charge in [0.15, 0.2) is 0 Å². The van der Waals surface area contributed by atoms with Crippen LogP contribution in [0, 0.1) is 6.92 Å². The number of hydrogen-bond donors (Lipinski definition) is 1. The molecule has 1 N–H and O–H groups in total. The van der Waals surface area contributed by atoms with E-state index in [1.54, 1.807) is 18.4 Å². The van der Waals surface area contributed by atoms with Crippen molar-refractivity contribution in [3.05, 3.63) is 44.3 Å². The van der Waals surface area contributed by atoms with Crippen molar-refractivity contribution < 1.29 is 4.74 Å². The van der Waals surface area contributed by atoms with Gasteiger partial charge in [0.2, 0.25) is 0 Å². The van der Waals surface area contributed by atoms with E-state index in [2.05, 4.69) is 37.7 Å². The number of rotatable bonds is 6. The Kier molecular flexibility index (Phi) is 5.57. The Bertz CT molecular complexity index is 571. The summed E-state index contributed by atoms with van der Waals surface area (Å²) in [4.78, 5) is 4.54. The number of thiazole rings is 1. The summed E-state index contributed by atoms with van der Waals surface area (Å²) in [6.07, 6.45) is 1.84. The van der Waals surface area contributed by atoms with Gasteiger partial charge in [-0.25, -0.2) is 4.98 Å². The molecule has 1 heterocycles. The molecule has 1 aromatic heterocycles. The van der Waals surface area contributed by atoms with E-state index in [1.807, 2.05) is 26.1 Å². The molecule has 3 nitrogen and oxygen atoms in total. The maximum Gasteiger partial charge on any atom is 0.122 e. The van der Waals surface area contributed by atoms with Crippen molar-refractivity contribution >= 4 is 27.3 Å². The number of nitrogens with zero attached hydrogens (tertiary/aromatic N) is 1. The normalized spacial score (nSPS) is 12.4. The van der Waals surface area contributed by atoms with Gasteiger partial charge in [0, 0.05) is 22.3 Å². The van der Waals surface area contributed by atoms with Crippen molar-refractivity contribution in [3.63, 3.8) is 0 Å². The van der Waals surface area contributed by atoms with Crippen LogP contribution < -0.4 is 10.1 Å². The fraction of sp³-hybridized carbons (Fsp3) is 0.400. The molecule has 2 rings (SSSR count). The largest absolute Gasteiger partial charge is 0.496 e. The molecule has 0 radical (unpaired) electrons. The fourth-order valence-corrected chi connectivity index (χ4v) is 3.24. The molecule has 0 aliphatic heterocycles. The van der Waals surface area contributed by atoms with Crippen LogP contribution in [-0.2, 0) is 12.8 Å². The summed E-state index contributed by atoms with van der Waals surface area (Å²) < 4.78 is 6.51. The standard InChI is InChI=1S/C15H19BrN2OS/c1-10-18-14(9-20-10)8-13(17-2)7-11-6-12(16)4-5-15(11)19-3/h4-6,9,13,17H,7-8H2,1-3H3. The molecule has 0 aliphatic carbocycles. The molecular weight excluding hydrogens is 336 g/mol. The molecule has 0 fully saturated rings. The van der Waals surface area contributed by atoms with Gasteiger partial charge in [-0.3, -0.25) is 0 Å². The van der Waals surface area contributed by atoms with Gasteiger partial charge >= 0.3 is 0 Å². The van der Waals surface area contributed by atoms with Crippen LogP contribution in [0.1, 0.15) is 16.3 Å². The highest BCUT2D eigenvalue weighted by molar-refractivity contribution is 9.10. The van der Waals surface area contributed by atoms with Gasteiger partial charge in [-0.1, -0.05) is 15.9 Å². The van der Waals surface area contributed by atoms with Crippen molar-refractivity contribution in [2.24, 2.45) is 0 Å². The van der Waals surface area contributed by atoms with Crippen molar-refractivity contribution in [1.82, 2.24) is 10.3 Å². The van der Waals surface area contributed by atoms with Crippen LogP contribution in [0.25, 0.3) is 0 Å². The molecule has 0 saturated carbocycles. The van der Waals surface area contributed by atoms with E-state index in [0.717, 1.165) is 33.8 Å². The average Bonchev–Trinajstić information content (AvgIpc) is 2.83. The van der Waals surface area contributed by atoms with Crippen LogP contribution in [0.4, 0.5) is 0 Å². The van der Waals surface area contributed by atoms with Gasteiger partial charge in [0.25, 0.3) is 0 Å². The highest BCUT2D eigenvalue weighted by atomic mass is 79.9. The van der Waals surface area contributed by atoms with Crippen LogP contribution in [0.2, 0.25) is 0 Å². The van der Waals surface area contributed by atoms with Crippen molar-refractivity contribution in [2.75, 3.05) is 14.2 Å². The number of halogens is 1. The maximum atomic E-state index is 5.44. The molecule has 108 valence electrons. The summed E-state index contributed by atoms with van der Waals surface area (Å²) in [6, 6.07) is 6.47. The number of aryl methyl sites for hydroxylation is 1. The Morgan fingerprint density at radius 2 is 2.20 bits per heavy atom. The SMILES string of the molecule is CNC(Cc1csc(C)n1)Cc1cc(Br)ccc1OC. The van der Waals surface area contributed by atoms with Gasteiger partial charge in [0.1, 0.15) is 5.75 Å². The van der Waals surface area contributed by atoms with Crippen LogP contribution >= 0.6 is 27.3 Å². The monoisotopic (exact) mass is 354 g/mol. The Labute approximate surface area is 132 Å². The zero-order valence-corrected chi connectivity index (χ0v) is 14.3. The minimum Gasteiger partial charge on any atom is -0.496 e. The number of benzene rings is 1. The second-order valence-corrected chi connectivity index (χ2v) is 6.69. The second kappa shape index (κ2) is 7.20. The quantitative estimate of drug-likeness (QED) is 0.860. The molecule has 0 amide bonds. The van der Waals surface area contributed by atoms with E-state index >= 15 is 0 Å². The molecule has 0 bridgehead atoms. The smallest absolute Gasteiger partial charge is 0.122 e. The average molecular weight is 355 g/mol.